The summed E-state index contributed by atoms with van der Waals surface area (Å²) in [7, 11) is 0. The molecule has 0 amide bonds. The van der Waals surface area contributed by atoms with Crippen LogP contribution in [0.3, 0.4) is 0 Å². The molecule has 0 aromatic carbocycles. The number of carboxylic acid groups (broad SMARTS) is 1. The molecule has 1 N–H and O–H groups in total. The van der Waals surface area contributed by atoms with Crippen molar-refractivity contribution in [3.8, 4) is 0 Å². The Morgan fingerprint density at radius 3 is 2.40 bits per heavy atom. The highest BCUT2D eigenvalue weighted by Gasteiger charge is 2.38. The Morgan fingerprint density at radius 2 is 2.00 bits per heavy atom. The minimum Gasteiger partial charge on any atom is -0.481 e. The summed E-state index contributed by atoms with van der Waals surface area (Å²) in [6, 6.07) is 0. The Labute approximate surface area is 91.8 Å². The first-order valence-corrected chi connectivity index (χ1v) is 5.78. The van der Waals surface area contributed by atoms with Gasteiger partial charge < -0.3 is 9.84 Å². The van der Waals surface area contributed by atoms with Crippen LogP contribution in [0.15, 0.2) is 0 Å². The first-order valence-electron chi connectivity index (χ1n) is 5.78. The first kappa shape index (κ1) is 12.5. The van der Waals surface area contributed by atoms with Gasteiger partial charge >= 0.3 is 5.97 Å². The van der Waals surface area contributed by atoms with Crippen molar-refractivity contribution in [3.63, 3.8) is 0 Å². The largest absolute Gasteiger partial charge is 0.481 e. The van der Waals surface area contributed by atoms with Crippen LogP contribution in [-0.2, 0) is 9.53 Å². The number of carbonyl (C=O) groups is 1. The Balaban J connectivity index is 2.61. The lowest BCUT2D eigenvalue weighted by Crippen LogP contribution is -2.36. The molecular formula is C12H22O3. The van der Waals surface area contributed by atoms with Gasteiger partial charge in [-0.1, -0.05) is 13.8 Å². The van der Waals surface area contributed by atoms with Gasteiger partial charge in [0.05, 0.1) is 5.41 Å². The lowest BCUT2D eigenvalue weighted by atomic mass is 9.71. The van der Waals surface area contributed by atoms with E-state index in [-0.39, 0.29) is 5.92 Å². The molecule has 1 unspecified atom stereocenters. The van der Waals surface area contributed by atoms with Gasteiger partial charge in [-0.05, 0) is 38.0 Å². The maximum absolute atomic E-state index is 11.3. The third-order valence-corrected chi connectivity index (χ3v) is 3.82. The number of aliphatic carboxylic acids is 1. The van der Waals surface area contributed by atoms with E-state index in [1.54, 1.807) is 0 Å². The van der Waals surface area contributed by atoms with Crippen LogP contribution in [0.25, 0.3) is 0 Å². The lowest BCUT2D eigenvalue weighted by Gasteiger charge is -2.34. The standard InChI is InChI=1S/C12H22O3/c1-9(2)12(3,11(13)14)8-10-4-6-15-7-5-10/h9-10H,4-8H2,1-3H3,(H,13,14). The summed E-state index contributed by atoms with van der Waals surface area (Å²) in [5, 5.41) is 9.30. The second-order valence-electron chi connectivity index (χ2n) is 5.14. The van der Waals surface area contributed by atoms with E-state index >= 15 is 0 Å². The first-order chi connectivity index (χ1) is 6.97. The van der Waals surface area contributed by atoms with Crippen molar-refractivity contribution < 1.29 is 14.6 Å². The number of carboxylic acids is 1. The fourth-order valence-electron chi connectivity index (χ4n) is 2.12. The molecule has 15 heavy (non-hydrogen) atoms. The molecule has 1 heterocycles. The fraction of sp³-hybridized carbons (Fsp3) is 0.917. The lowest BCUT2D eigenvalue weighted by molar-refractivity contribution is -0.152. The van der Waals surface area contributed by atoms with Crippen molar-refractivity contribution in [1.29, 1.82) is 0 Å². The summed E-state index contributed by atoms with van der Waals surface area (Å²) in [6.45, 7) is 7.44. The van der Waals surface area contributed by atoms with Gasteiger partial charge in [-0.3, -0.25) is 4.79 Å². The van der Waals surface area contributed by atoms with Gasteiger partial charge in [-0.25, -0.2) is 0 Å². The number of rotatable bonds is 4. The Hall–Kier alpha value is -0.570. The summed E-state index contributed by atoms with van der Waals surface area (Å²) in [4.78, 5) is 11.3. The third-order valence-electron chi connectivity index (χ3n) is 3.82. The van der Waals surface area contributed by atoms with Gasteiger partial charge in [0.25, 0.3) is 0 Å². The second kappa shape index (κ2) is 4.97. The molecule has 0 radical (unpaired) electrons. The molecule has 0 aliphatic carbocycles. The highest BCUT2D eigenvalue weighted by atomic mass is 16.5. The van der Waals surface area contributed by atoms with Crippen LogP contribution in [0.2, 0.25) is 0 Å². The molecule has 1 rings (SSSR count). The molecule has 1 aliphatic heterocycles. The topological polar surface area (TPSA) is 46.5 Å². The normalized spacial score (nSPS) is 22.7. The van der Waals surface area contributed by atoms with Gasteiger partial charge in [0.2, 0.25) is 0 Å². The summed E-state index contributed by atoms with van der Waals surface area (Å²) in [5.41, 5.74) is -0.581. The van der Waals surface area contributed by atoms with Crippen molar-refractivity contribution >= 4 is 5.97 Å². The zero-order valence-corrected chi connectivity index (χ0v) is 9.95. The minimum absolute atomic E-state index is 0.179. The Bertz CT molecular complexity index is 219. The quantitative estimate of drug-likeness (QED) is 0.782. The molecule has 0 aromatic rings. The molecule has 1 saturated heterocycles. The Kier molecular flexibility index (Phi) is 4.14. The molecule has 0 aromatic heterocycles. The van der Waals surface area contributed by atoms with Crippen LogP contribution in [0, 0.1) is 17.3 Å². The van der Waals surface area contributed by atoms with Crippen LogP contribution >= 0.6 is 0 Å². The van der Waals surface area contributed by atoms with Crippen LogP contribution in [0.5, 0.6) is 0 Å². The van der Waals surface area contributed by atoms with Crippen molar-refractivity contribution in [3.05, 3.63) is 0 Å². The third kappa shape index (κ3) is 2.94. The average molecular weight is 214 g/mol. The predicted molar refractivity (Wildman–Crippen MR) is 58.7 cm³/mol. The summed E-state index contributed by atoms with van der Waals surface area (Å²) in [5.74, 6) is 0.0316. The van der Waals surface area contributed by atoms with E-state index in [9.17, 15) is 9.90 Å². The van der Waals surface area contributed by atoms with E-state index in [2.05, 4.69) is 0 Å². The van der Waals surface area contributed by atoms with Crippen molar-refractivity contribution in [1.82, 2.24) is 0 Å². The SMILES string of the molecule is CC(C)C(C)(CC1CCOCC1)C(=O)O. The van der Waals surface area contributed by atoms with E-state index in [0.29, 0.717) is 5.92 Å². The van der Waals surface area contributed by atoms with Gasteiger partial charge in [-0.2, -0.15) is 0 Å². The van der Waals surface area contributed by atoms with Gasteiger partial charge in [-0.15, -0.1) is 0 Å². The van der Waals surface area contributed by atoms with Crippen LogP contribution < -0.4 is 0 Å². The van der Waals surface area contributed by atoms with E-state index in [0.717, 1.165) is 32.5 Å². The van der Waals surface area contributed by atoms with Crippen LogP contribution in [0.1, 0.15) is 40.0 Å². The molecule has 1 atom stereocenters. The maximum Gasteiger partial charge on any atom is 0.309 e. The summed E-state index contributed by atoms with van der Waals surface area (Å²) in [6.07, 6.45) is 2.80. The molecule has 3 nitrogen and oxygen atoms in total. The number of ether oxygens (including phenoxy) is 1. The monoisotopic (exact) mass is 214 g/mol. The smallest absolute Gasteiger partial charge is 0.309 e. The second-order valence-corrected chi connectivity index (χ2v) is 5.14. The summed E-state index contributed by atoms with van der Waals surface area (Å²) < 4.78 is 5.29. The van der Waals surface area contributed by atoms with E-state index in [4.69, 9.17) is 4.74 Å². The van der Waals surface area contributed by atoms with E-state index in [1.165, 1.54) is 0 Å². The van der Waals surface area contributed by atoms with Crippen molar-refractivity contribution in [2.75, 3.05) is 13.2 Å². The minimum atomic E-state index is -0.663. The maximum atomic E-state index is 11.3. The van der Waals surface area contributed by atoms with Crippen LogP contribution in [0.4, 0.5) is 0 Å². The average Bonchev–Trinajstić information content (AvgIpc) is 2.18. The van der Waals surface area contributed by atoms with E-state index < -0.39 is 11.4 Å². The zero-order chi connectivity index (χ0) is 11.5. The zero-order valence-electron chi connectivity index (χ0n) is 9.95. The van der Waals surface area contributed by atoms with Crippen molar-refractivity contribution in [2.45, 2.75) is 40.0 Å². The molecule has 0 saturated carbocycles. The number of hydrogen-bond acceptors (Lipinski definition) is 2. The molecule has 1 fully saturated rings. The van der Waals surface area contributed by atoms with E-state index in [1.807, 2.05) is 20.8 Å². The van der Waals surface area contributed by atoms with Gasteiger partial charge in [0.1, 0.15) is 0 Å². The molecule has 0 bridgehead atoms. The predicted octanol–water partition coefficient (Wildman–Crippen LogP) is 2.55. The van der Waals surface area contributed by atoms with Gasteiger partial charge in [0.15, 0.2) is 0 Å². The molecule has 0 spiro atoms. The van der Waals surface area contributed by atoms with Gasteiger partial charge in [0, 0.05) is 13.2 Å². The fourth-order valence-corrected chi connectivity index (χ4v) is 2.12. The molecule has 88 valence electrons. The number of hydrogen-bond donors (Lipinski definition) is 1. The Morgan fingerprint density at radius 1 is 1.47 bits per heavy atom. The summed E-state index contributed by atoms with van der Waals surface area (Å²) >= 11 is 0. The highest BCUT2D eigenvalue weighted by molar-refractivity contribution is 5.74. The molecular weight excluding hydrogens is 192 g/mol. The molecule has 1 aliphatic rings. The molecule has 3 heteroatoms. The van der Waals surface area contributed by atoms with Crippen molar-refractivity contribution in [2.24, 2.45) is 17.3 Å². The highest BCUT2D eigenvalue weighted by Crippen LogP contribution is 2.37. The van der Waals surface area contributed by atoms with Crippen LogP contribution in [-0.4, -0.2) is 24.3 Å².